The average molecular weight is 643 g/mol. The molecule has 0 unspecified atom stereocenters. The molecule has 6 aromatic heterocycles. The SMILES string of the molecule is Fc1cc(-c2nc3cc4cc5oc(-c6cc(F)c(-c7cc8ccccc8o7)s6)nc5cc4cc3o2)sc1-c1cc2ccccc2o1. The van der Waals surface area contributed by atoms with Crippen molar-refractivity contribution in [2.24, 2.45) is 0 Å². The number of thiophene rings is 2. The summed E-state index contributed by atoms with van der Waals surface area (Å²) in [4.78, 5) is 11.2. The van der Waals surface area contributed by atoms with Gasteiger partial charge in [0.25, 0.3) is 0 Å². The van der Waals surface area contributed by atoms with E-state index in [1.54, 1.807) is 0 Å². The van der Waals surface area contributed by atoms with E-state index in [9.17, 15) is 0 Å². The second-order valence-corrected chi connectivity index (χ2v) is 13.0. The highest BCUT2D eigenvalue weighted by atomic mass is 32.1. The second-order valence-electron chi connectivity index (χ2n) is 10.9. The summed E-state index contributed by atoms with van der Waals surface area (Å²) in [6.07, 6.45) is 0. The number of nitrogens with zero attached hydrogens (tertiary/aromatic N) is 2. The average Bonchev–Trinajstić information content (AvgIpc) is 3.89. The lowest BCUT2D eigenvalue weighted by atomic mass is 10.1. The molecule has 0 aliphatic heterocycles. The Morgan fingerprint density at radius 1 is 0.457 bits per heavy atom. The van der Waals surface area contributed by atoms with Gasteiger partial charge in [-0.2, -0.15) is 0 Å². The lowest BCUT2D eigenvalue weighted by Crippen LogP contribution is -1.76. The van der Waals surface area contributed by atoms with Crippen LogP contribution in [0.2, 0.25) is 0 Å². The van der Waals surface area contributed by atoms with Crippen LogP contribution in [0.1, 0.15) is 0 Å². The number of oxazole rings is 2. The fourth-order valence-electron chi connectivity index (χ4n) is 5.78. The zero-order valence-corrected chi connectivity index (χ0v) is 25.0. The zero-order chi connectivity index (χ0) is 30.5. The minimum atomic E-state index is -0.399. The van der Waals surface area contributed by atoms with E-state index in [-0.39, 0.29) is 0 Å². The molecule has 0 aliphatic carbocycles. The maximum atomic E-state index is 15.1. The Balaban J connectivity index is 0.999. The Bertz CT molecular complexity index is 2490. The van der Waals surface area contributed by atoms with Crippen LogP contribution in [0, 0.1) is 11.6 Å². The van der Waals surface area contributed by atoms with Gasteiger partial charge in [0.1, 0.15) is 55.1 Å². The van der Waals surface area contributed by atoms with Gasteiger partial charge in [-0.05, 0) is 71.4 Å². The molecule has 0 fully saturated rings. The van der Waals surface area contributed by atoms with Crippen LogP contribution < -0.4 is 0 Å². The number of halogens is 2. The van der Waals surface area contributed by atoms with Gasteiger partial charge in [0.05, 0.1) is 9.75 Å². The number of rotatable bonds is 4. The van der Waals surface area contributed by atoms with Gasteiger partial charge in [-0.1, -0.05) is 36.4 Å². The molecule has 46 heavy (non-hydrogen) atoms. The molecule has 0 amide bonds. The highest BCUT2D eigenvalue weighted by Crippen LogP contribution is 2.42. The summed E-state index contributed by atoms with van der Waals surface area (Å²) in [6, 6.07) is 29.2. The van der Waals surface area contributed by atoms with Crippen molar-refractivity contribution in [1.82, 2.24) is 9.97 Å². The quantitative estimate of drug-likeness (QED) is 0.190. The molecule has 4 aromatic carbocycles. The van der Waals surface area contributed by atoms with Crippen molar-refractivity contribution in [2.75, 3.05) is 0 Å². The van der Waals surface area contributed by atoms with E-state index in [2.05, 4.69) is 9.97 Å². The van der Waals surface area contributed by atoms with Gasteiger partial charge in [-0.15, -0.1) is 22.7 Å². The smallest absolute Gasteiger partial charge is 0.237 e. The van der Waals surface area contributed by atoms with E-state index in [1.807, 2.05) is 84.9 Å². The van der Waals surface area contributed by atoms with Gasteiger partial charge in [0, 0.05) is 10.8 Å². The molecular formula is C36H16F2N2O4S2. The normalized spacial score (nSPS) is 12.1. The molecular weight excluding hydrogens is 627 g/mol. The van der Waals surface area contributed by atoms with E-state index in [0.29, 0.717) is 76.2 Å². The first-order valence-corrected chi connectivity index (χ1v) is 15.9. The van der Waals surface area contributed by atoms with Crippen LogP contribution >= 0.6 is 22.7 Å². The first-order valence-electron chi connectivity index (χ1n) is 14.2. The number of benzene rings is 4. The van der Waals surface area contributed by atoms with Gasteiger partial charge in [0.15, 0.2) is 11.2 Å². The van der Waals surface area contributed by atoms with Crippen LogP contribution in [-0.2, 0) is 0 Å². The first kappa shape index (κ1) is 25.7. The van der Waals surface area contributed by atoms with Crippen molar-refractivity contribution < 1.29 is 26.4 Å². The predicted octanol–water partition coefficient (Wildman–Crippen LogP) is 11.7. The molecule has 6 nitrogen and oxygen atoms in total. The van der Waals surface area contributed by atoms with Crippen molar-refractivity contribution in [3.05, 3.63) is 109 Å². The Hall–Kier alpha value is -5.58. The summed E-state index contributed by atoms with van der Waals surface area (Å²) in [6.45, 7) is 0. The number of fused-ring (bicyclic) bond motifs is 5. The summed E-state index contributed by atoms with van der Waals surface area (Å²) < 4.78 is 54.1. The molecule has 0 aliphatic rings. The highest BCUT2D eigenvalue weighted by molar-refractivity contribution is 7.19. The summed E-state index contributed by atoms with van der Waals surface area (Å²) >= 11 is 2.45. The summed E-state index contributed by atoms with van der Waals surface area (Å²) in [5.74, 6) is 0.763. The fourth-order valence-corrected chi connectivity index (χ4v) is 7.61. The van der Waals surface area contributed by atoms with Crippen LogP contribution in [0.15, 0.2) is 115 Å². The molecule has 0 spiro atoms. The Labute approximate surface area is 264 Å². The Morgan fingerprint density at radius 2 is 0.913 bits per heavy atom. The molecule has 10 rings (SSSR count). The van der Waals surface area contributed by atoms with Crippen molar-refractivity contribution in [2.45, 2.75) is 0 Å². The topological polar surface area (TPSA) is 78.3 Å². The van der Waals surface area contributed by atoms with E-state index in [4.69, 9.17) is 17.7 Å². The molecule has 0 N–H and O–H groups in total. The lowest BCUT2D eigenvalue weighted by Gasteiger charge is -1.96. The van der Waals surface area contributed by atoms with Crippen LogP contribution in [0.4, 0.5) is 8.78 Å². The van der Waals surface area contributed by atoms with Crippen LogP contribution in [0.25, 0.3) is 97.7 Å². The van der Waals surface area contributed by atoms with Crippen molar-refractivity contribution in [1.29, 1.82) is 0 Å². The molecule has 0 atom stereocenters. The van der Waals surface area contributed by atoms with Crippen LogP contribution in [0.3, 0.4) is 0 Å². The van der Waals surface area contributed by atoms with E-state index in [0.717, 1.165) is 21.5 Å². The third-order valence-corrected chi connectivity index (χ3v) is 10.2. The second kappa shape index (κ2) is 9.46. The van der Waals surface area contributed by atoms with Gasteiger partial charge in [-0.25, -0.2) is 18.7 Å². The molecule has 10 aromatic rings. The Kier molecular flexibility index (Phi) is 5.29. The summed E-state index contributed by atoms with van der Waals surface area (Å²) in [7, 11) is 0. The number of aromatic nitrogens is 2. The first-order chi connectivity index (χ1) is 22.5. The van der Waals surface area contributed by atoms with Gasteiger partial charge < -0.3 is 17.7 Å². The predicted molar refractivity (Wildman–Crippen MR) is 176 cm³/mol. The fraction of sp³-hybridized carbons (Fsp3) is 0. The molecule has 0 bridgehead atoms. The number of furan rings is 2. The van der Waals surface area contributed by atoms with E-state index >= 15 is 8.78 Å². The maximum Gasteiger partial charge on any atom is 0.237 e. The number of hydrogen-bond acceptors (Lipinski definition) is 8. The van der Waals surface area contributed by atoms with Crippen molar-refractivity contribution >= 4 is 77.6 Å². The third kappa shape index (κ3) is 3.97. The summed E-state index contributed by atoms with van der Waals surface area (Å²) in [5, 5.41) is 3.54. The molecule has 0 saturated carbocycles. The van der Waals surface area contributed by atoms with Crippen molar-refractivity contribution in [3.63, 3.8) is 0 Å². The monoisotopic (exact) mass is 642 g/mol. The van der Waals surface area contributed by atoms with Crippen LogP contribution in [-0.4, -0.2) is 9.97 Å². The lowest BCUT2D eigenvalue weighted by molar-refractivity contribution is 0.604. The largest absolute Gasteiger partial charge is 0.455 e. The van der Waals surface area contributed by atoms with Gasteiger partial charge in [-0.3, -0.25) is 0 Å². The summed E-state index contributed by atoms with van der Waals surface area (Å²) in [5.41, 5.74) is 3.75. The maximum absolute atomic E-state index is 15.1. The standard InChI is InChI=1S/C36H16F2N2O4S2/c37-21-15-31(45-33(21)29-11-17-5-1-3-7-25(17)41-29)35-39-23-9-19-14-28-24(10-20(19)13-27(23)43-35)40-36(44-28)32-16-22(38)34(46-32)30-12-18-6-2-4-8-26(18)42-30/h1-16H. The number of para-hydroxylation sites is 2. The van der Waals surface area contributed by atoms with E-state index in [1.165, 1.54) is 34.8 Å². The minimum absolute atomic E-state index is 0.320. The number of hydrogen-bond donors (Lipinski definition) is 0. The van der Waals surface area contributed by atoms with E-state index < -0.39 is 11.6 Å². The zero-order valence-electron chi connectivity index (χ0n) is 23.3. The highest BCUT2D eigenvalue weighted by Gasteiger charge is 2.22. The molecule has 0 radical (unpaired) electrons. The molecule has 220 valence electrons. The molecule has 0 saturated heterocycles. The molecule has 6 heterocycles. The molecule has 10 heteroatoms. The van der Waals surface area contributed by atoms with Gasteiger partial charge >= 0.3 is 0 Å². The van der Waals surface area contributed by atoms with Crippen LogP contribution in [0.5, 0.6) is 0 Å². The van der Waals surface area contributed by atoms with Gasteiger partial charge in [0.2, 0.25) is 11.8 Å². The third-order valence-electron chi connectivity index (χ3n) is 7.95. The Morgan fingerprint density at radius 3 is 1.37 bits per heavy atom. The van der Waals surface area contributed by atoms with Crippen molar-refractivity contribution in [3.8, 4) is 42.8 Å². The minimum Gasteiger partial charge on any atom is -0.455 e.